The van der Waals surface area contributed by atoms with E-state index in [4.69, 9.17) is 0 Å². The highest BCUT2D eigenvalue weighted by Gasteiger charge is 2.36. The summed E-state index contributed by atoms with van der Waals surface area (Å²) >= 11 is 0. The van der Waals surface area contributed by atoms with Crippen LogP contribution in [0.15, 0.2) is 0 Å². The first-order valence-corrected chi connectivity index (χ1v) is 6.47. The van der Waals surface area contributed by atoms with Gasteiger partial charge in [-0.3, -0.25) is 4.79 Å². The molecule has 1 aliphatic carbocycles. The minimum Gasteiger partial charge on any atom is -0.480 e. The van der Waals surface area contributed by atoms with E-state index in [-0.39, 0.29) is 11.8 Å². The van der Waals surface area contributed by atoms with Crippen molar-refractivity contribution in [2.45, 2.75) is 52.5 Å². The van der Waals surface area contributed by atoms with Gasteiger partial charge in [0, 0.05) is 13.5 Å². The number of aliphatic carboxylic acids is 1. The van der Waals surface area contributed by atoms with Crippen LogP contribution in [0.25, 0.3) is 0 Å². The van der Waals surface area contributed by atoms with Crippen LogP contribution in [0.2, 0.25) is 0 Å². The SMILES string of the molecule is CCN(C(C)=O)C(C(=O)O)C1CCC(C)CC1. The van der Waals surface area contributed by atoms with Gasteiger partial charge in [0.2, 0.25) is 5.91 Å². The molecule has 0 saturated heterocycles. The van der Waals surface area contributed by atoms with Crippen LogP contribution in [-0.4, -0.2) is 34.5 Å². The van der Waals surface area contributed by atoms with Crippen LogP contribution >= 0.6 is 0 Å². The summed E-state index contributed by atoms with van der Waals surface area (Å²) in [6.45, 7) is 5.96. The van der Waals surface area contributed by atoms with Crippen molar-refractivity contribution in [3.05, 3.63) is 0 Å². The second-order valence-corrected chi connectivity index (χ2v) is 5.11. The van der Waals surface area contributed by atoms with Gasteiger partial charge in [-0.05, 0) is 31.6 Å². The molecule has 0 heterocycles. The minimum absolute atomic E-state index is 0.118. The van der Waals surface area contributed by atoms with Gasteiger partial charge < -0.3 is 10.0 Å². The monoisotopic (exact) mass is 241 g/mol. The van der Waals surface area contributed by atoms with Crippen LogP contribution in [0.4, 0.5) is 0 Å². The first kappa shape index (κ1) is 14.0. The maximum atomic E-state index is 11.5. The van der Waals surface area contributed by atoms with E-state index < -0.39 is 12.0 Å². The molecule has 0 bridgehead atoms. The first-order valence-electron chi connectivity index (χ1n) is 6.47. The third-order valence-electron chi connectivity index (χ3n) is 3.84. The van der Waals surface area contributed by atoms with E-state index in [1.807, 2.05) is 6.92 Å². The Balaban J connectivity index is 2.78. The Morgan fingerprint density at radius 2 is 1.82 bits per heavy atom. The minimum atomic E-state index is -0.860. The molecule has 0 aliphatic heterocycles. The van der Waals surface area contributed by atoms with Gasteiger partial charge in [-0.2, -0.15) is 0 Å². The topological polar surface area (TPSA) is 57.6 Å². The fourth-order valence-corrected chi connectivity index (χ4v) is 2.81. The molecule has 17 heavy (non-hydrogen) atoms. The molecule has 0 aromatic carbocycles. The van der Waals surface area contributed by atoms with Crippen LogP contribution in [0, 0.1) is 11.8 Å². The zero-order chi connectivity index (χ0) is 13.0. The zero-order valence-corrected chi connectivity index (χ0v) is 11.0. The molecular weight excluding hydrogens is 218 g/mol. The molecule has 1 rings (SSSR count). The lowest BCUT2D eigenvalue weighted by atomic mass is 9.78. The molecular formula is C13H23NO3. The number of hydrogen-bond donors (Lipinski definition) is 1. The normalized spacial score (nSPS) is 26.3. The molecule has 98 valence electrons. The average Bonchev–Trinajstić information content (AvgIpc) is 2.26. The summed E-state index contributed by atoms with van der Waals surface area (Å²) < 4.78 is 0. The average molecular weight is 241 g/mol. The number of carbonyl (C=O) groups is 2. The van der Waals surface area contributed by atoms with E-state index in [1.54, 1.807) is 0 Å². The summed E-state index contributed by atoms with van der Waals surface area (Å²) in [6.07, 6.45) is 3.98. The van der Waals surface area contributed by atoms with Gasteiger partial charge in [-0.1, -0.05) is 19.8 Å². The second-order valence-electron chi connectivity index (χ2n) is 5.11. The van der Waals surface area contributed by atoms with Gasteiger partial charge in [0.25, 0.3) is 0 Å². The van der Waals surface area contributed by atoms with Crippen molar-refractivity contribution in [1.29, 1.82) is 0 Å². The third-order valence-corrected chi connectivity index (χ3v) is 3.84. The maximum absolute atomic E-state index is 11.5. The van der Waals surface area contributed by atoms with Gasteiger partial charge in [-0.15, -0.1) is 0 Å². The highest BCUT2D eigenvalue weighted by atomic mass is 16.4. The fraction of sp³-hybridized carbons (Fsp3) is 0.846. The van der Waals surface area contributed by atoms with E-state index in [1.165, 1.54) is 11.8 Å². The molecule has 1 fully saturated rings. The zero-order valence-electron chi connectivity index (χ0n) is 11.0. The first-order chi connectivity index (χ1) is 7.97. The molecule has 0 aromatic rings. The number of carboxylic acid groups (broad SMARTS) is 1. The highest BCUT2D eigenvalue weighted by Crippen LogP contribution is 2.32. The Bertz CT molecular complexity index is 282. The number of amides is 1. The van der Waals surface area contributed by atoms with Crippen LogP contribution in [0.3, 0.4) is 0 Å². The van der Waals surface area contributed by atoms with Crippen LogP contribution < -0.4 is 0 Å². The highest BCUT2D eigenvalue weighted by molar-refractivity contribution is 5.82. The summed E-state index contributed by atoms with van der Waals surface area (Å²) in [4.78, 5) is 24.4. The maximum Gasteiger partial charge on any atom is 0.326 e. The van der Waals surface area contributed by atoms with Crippen molar-refractivity contribution in [3.8, 4) is 0 Å². The Kier molecular flexibility index (Phi) is 4.97. The van der Waals surface area contributed by atoms with Crippen molar-refractivity contribution in [2.75, 3.05) is 6.54 Å². The number of carboxylic acids is 1. The Morgan fingerprint density at radius 3 is 2.18 bits per heavy atom. The predicted octanol–water partition coefficient (Wildman–Crippen LogP) is 2.13. The van der Waals surface area contributed by atoms with Crippen LogP contribution in [-0.2, 0) is 9.59 Å². The third kappa shape index (κ3) is 3.45. The predicted molar refractivity (Wildman–Crippen MR) is 65.6 cm³/mol. The quantitative estimate of drug-likeness (QED) is 0.820. The molecule has 0 radical (unpaired) electrons. The Hall–Kier alpha value is -1.06. The van der Waals surface area contributed by atoms with Gasteiger partial charge in [0.1, 0.15) is 6.04 Å². The number of nitrogens with zero attached hydrogens (tertiary/aromatic N) is 1. The van der Waals surface area contributed by atoms with E-state index >= 15 is 0 Å². The molecule has 1 N–H and O–H groups in total. The summed E-state index contributed by atoms with van der Waals surface area (Å²) in [6, 6.07) is -0.634. The summed E-state index contributed by atoms with van der Waals surface area (Å²) in [5, 5.41) is 9.35. The van der Waals surface area contributed by atoms with Crippen molar-refractivity contribution >= 4 is 11.9 Å². The molecule has 1 unspecified atom stereocenters. The molecule has 1 saturated carbocycles. The van der Waals surface area contributed by atoms with Gasteiger partial charge in [0.05, 0.1) is 0 Å². The molecule has 4 nitrogen and oxygen atoms in total. The lowest BCUT2D eigenvalue weighted by Gasteiger charge is -2.36. The molecule has 0 aromatic heterocycles. The second kappa shape index (κ2) is 6.03. The van der Waals surface area contributed by atoms with E-state index in [0.29, 0.717) is 12.5 Å². The van der Waals surface area contributed by atoms with Crippen LogP contribution in [0.1, 0.15) is 46.5 Å². The fourth-order valence-electron chi connectivity index (χ4n) is 2.81. The number of rotatable bonds is 4. The number of likely N-dealkylation sites (N-methyl/N-ethyl adjacent to an activating group) is 1. The lowest BCUT2D eigenvalue weighted by molar-refractivity contribution is -0.152. The summed E-state index contributed by atoms with van der Waals surface area (Å²) in [5.74, 6) is -0.194. The largest absolute Gasteiger partial charge is 0.480 e. The number of hydrogen-bond acceptors (Lipinski definition) is 2. The molecule has 1 aliphatic rings. The summed E-state index contributed by atoms with van der Waals surface area (Å²) in [7, 11) is 0. The van der Waals surface area contributed by atoms with Crippen molar-refractivity contribution in [2.24, 2.45) is 11.8 Å². The van der Waals surface area contributed by atoms with Crippen LogP contribution in [0.5, 0.6) is 0 Å². The van der Waals surface area contributed by atoms with E-state index in [9.17, 15) is 14.7 Å². The molecule has 0 spiro atoms. The van der Waals surface area contributed by atoms with E-state index in [2.05, 4.69) is 6.92 Å². The van der Waals surface area contributed by atoms with Crippen molar-refractivity contribution in [1.82, 2.24) is 4.90 Å². The summed E-state index contributed by atoms with van der Waals surface area (Å²) in [5.41, 5.74) is 0. The van der Waals surface area contributed by atoms with Gasteiger partial charge in [0.15, 0.2) is 0 Å². The van der Waals surface area contributed by atoms with Crippen molar-refractivity contribution in [3.63, 3.8) is 0 Å². The Morgan fingerprint density at radius 1 is 1.29 bits per heavy atom. The smallest absolute Gasteiger partial charge is 0.326 e. The number of carbonyl (C=O) groups excluding carboxylic acids is 1. The lowest BCUT2D eigenvalue weighted by Crippen LogP contribution is -2.49. The van der Waals surface area contributed by atoms with Gasteiger partial charge >= 0.3 is 5.97 Å². The van der Waals surface area contributed by atoms with E-state index in [0.717, 1.165) is 25.7 Å². The molecule has 4 heteroatoms. The standard InChI is InChI=1S/C13H23NO3/c1-4-14(10(3)15)12(13(16)17)11-7-5-9(2)6-8-11/h9,11-12H,4-8H2,1-3H3,(H,16,17). The molecule has 1 amide bonds. The molecule has 1 atom stereocenters. The van der Waals surface area contributed by atoms with Crippen molar-refractivity contribution < 1.29 is 14.7 Å². The van der Waals surface area contributed by atoms with Gasteiger partial charge in [-0.25, -0.2) is 4.79 Å². The Labute approximate surface area is 103 Å².